The summed E-state index contributed by atoms with van der Waals surface area (Å²) < 4.78 is 4.35. The van der Waals surface area contributed by atoms with Crippen molar-refractivity contribution in [2.45, 2.75) is 0 Å². The van der Waals surface area contributed by atoms with Crippen molar-refractivity contribution in [2.24, 2.45) is 5.73 Å². The Bertz CT molecular complexity index is 254. The van der Waals surface area contributed by atoms with Crippen LogP contribution in [0.3, 0.4) is 0 Å². The number of amides is 1. The molecule has 6 nitrogen and oxygen atoms in total. The zero-order chi connectivity index (χ0) is 12.4. The summed E-state index contributed by atoms with van der Waals surface area (Å²) in [5.74, 6) is -0.859. The van der Waals surface area contributed by atoms with E-state index in [1.807, 2.05) is 11.9 Å². The van der Waals surface area contributed by atoms with Crippen molar-refractivity contribution in [2.75, 3.05) is 40.3 Å². The topological polar surface area (TPSA) is 84.7 Å². The molecule has 1 amide bonds. The number of esters is 1. The fourth-order valence-corrected chi connectivity index (χ4v) is 0.973. The van der Waals surface area contributed by atoms with Crippen LogP contribution in [0.15, 0.2) is 12.2 Å². The van der Waals surface area contributed by atoms with E-state index < -0.39 is 5.97 Å². The Labute approximate surface area is 95.4 Å². The molecule has 16 heavy (non-hydrogen) atoms. The van der Waals surface area contributed by atoms with Crippen molar-refractivity contribution in [3.63, 3.8) is 0 Å². The highest BCUT2D eigenvalue weighted by atomic mass is 16.5. The summed E-state index contributed by atoms with van der Waals surface area (Å²) in [4.78, 5) is 23.8. The molecule has 0 aromatic heterocycles. The van der Waals surface area contributed by atoms with Gasteiger partial charge in [0, 0.05) is 38.3 Å². The maximum Gasteiger partial charge on any atom is 0.330 e. The number of nitrogens with one attached hydrogen (secondary N) is 1. The van der Waals surface area contributed by atoms with E-state index in [4.69, 9.17) is 5.73 Å². The first-order valence-corrected chi connectivity index (χ1v) is 5.02. The third kappa shape index (κ3) is 7.95. The number of ether oxygens (including phenoxy) is 1. The third-order valence-electron chi connectivity index (χ3n) is 1.88. The Hall–Kier alpha value is -1.40. The minimum atomic E-state index is -0.546. The van der Waals surface area contributed by atoms with Crippen LogP contribution in [-0.4, -0.2) is 57.1 Å². The van der Waals surface area contributed by atoms with Crippen molar-refractivity contribution in [1.29, 1.82) is 0 Å². The lowest BCUT2D eigenvalue weighted by Crippen LogP contribution is -2.34. The number of nitrogens with zero attached hydrogens (tertiary/aromatic N) is 1. The largest absolute Gasteiger partial charge is 0.466 e. The Morgan fingerprint density at radius 1 is 1.38 bits per heavy atom. The standard InChI is InChI=1S/C10H19N3O3/c1-13(7-5-11)8-6-12-9(14)3-4-10(15)16-2/h3-4H,5-8,11H2,1-2H3,(H,12,14)/b4-3+. The van der Waals surface area contributed by atoms with Crippen LogP contribution in [0.2, 0.25) is 0 Å². The molecule has 0 saturated carbocycles. The van der Waals surface area contributed by atoms with Gasteiger partial charge in [0.2, 0.25) is 5.91 Å². The predicted octanol–water partition coefficient (Wildman–Crippen LogP) is -1.28. The minimum absolute atomic E-state index is 0.313. The number of carbonyl (C=O) groups excluding carboxylic acids is 2. The van der Waals surface area contributed by atoms with Crippen LogP contribution in [0.1, 0.15) is 0 Å². The Kier molecular flexibility index (Phi) is 8.10. The second-order valence-electron chi connectivity index (χ2n) is 3.24. The van der Waals surface area contributed by atoms with Crippen LogP contribution >= 0.6 is 0 Å². The van der Waals surface area contributed by atoms with Gasteiger partial charge in [-0.1, -0.05) is 0 Å². The van der Waals surface area contributed by atoms with Gasteiger partial charge in [-0.15, -0.1) is 0 Å². The number of carbonyl (C=O) groups is 2. The van der Waals surface area contributed by atoms with Crippen LogP contribution in [0, 0.1) is 0 Å². The maximum absolute atomic E-state index is 11.2. The molecular weight excluding hydrogens is 210 g/mol. The normalized spacial score (nSPS) is 10.8. The van der Waals surface area contributed by atoms with E-state index in [1.165, 1.54) is 7.11 Å². The summed E-state index contributed by atoms with van der Waals surface area (Å²) in [6.45, 7) is 2.61. The molecule has 0 aromatic carbocycles. The number of nitrogens with two attached hydrogens (primary N) is 1. The smallest absolute Gasteiger partial charge is 0.330 e. The quantitative estimate of drug-likeness (QED) is 0.420. The van der Waals surface area contributed by atoms with Gasteiger partial charge >= 0.3 is 5.97 Å². The minimum Gasteiger partial charge on any atom is -0.466 e. The van der Waals surface area contributed by atoms with Crippen molar-refractivity contribution in [3.8, 4) is 0 Å². The number of hydrogen-bond donors (Lipinski definition) is 2. The van der Waals surface area contributed by atoms with Gasteiger partial charge in [0.05, 0.1) is 7.11 Å². The molecule has 0 atom stereocenters. The van der Waals surface area contributed by atoms with Crippen molar-refractivity contribution in [3.05, 3.63) is 12.2 Å². The first kappa shape index (κ1) is 14.6. The molecule has 0 heterocycles. The van der Waals surface area contributed by atoms with Crippen molar-refractivity contribution >= 4 is 11.9 Å². The van der Waals surface area contributed by atoms with Gasteiger partial charge < -0.3 is 20.7 Å². The van der Waals surface area contributed by atoms with Crippen LogP contribution in [0.5, 0.6) is 0 Å². The highest BCUT2D eigenvalue weighted by Gasteiger charge is 1.99. The molecule has 0 unspecified atom stereocenters. The van der Waals surface area contributed by atoms with Crippen LogP contribution < -0.4 is 11.1 Å². The van der Waals surface area contributed by atoms with Crippen molar-refractivity contribution < 1.29 is 14.3 Å². The molecule has 0 aliphatic heterocycles. The molecule has 92 valence electrons. The molecule has 0 spiro atoms. The van der Waals surface area contributed by atoms with Crippen LogP contribution in [-0.2, 0) is 14.3 Å². The molecule has 0 rings (SSSR count). The molecule has 0 saturated heterocycles. The zero-order valence-corrected chi connectivity index (χ0v) is 9.73. The van der Waals surface area contributed by atoms with E-state index in [-0.39, 0.29) is 5.91 Å². The monoisotopic (exact) mass is 229 g/mol. The fourth-order valence-electron chi connectivity index (χ4n) is 0.973. The van der Waals surface area contributed by atoms with E-state index in [2.05, 4.69) is 10.1 Å². The van der Waals surface area contributed by atoms with E-state index in [1.54, 1.807) is 0 Å². The lowest BCUT2D eigenvalue weighted by molar-refractivity contribution is -0.135. The van der Waals surface area contributed by atoms with Gasteiger partial charge in [0.15, 0.2) is 0 Å². The lowest BCUT2D eigenvalue weighted by Gasteiger charge is -2.14. The van der Waals surface area contributed by atoms with Crippen molar-refractivity contribution in [1.82, 2.24) is 10.2 Å². The molecule has 0 aliphatic rings. The van der Waals surface area contributed by atoms with Gasteiger partial charge in [0.1, 0.15) is 0 Å². The average molecular weight is 229 g/mol. The number of hydrogen-bond acceptors (Lipinski definition) is 5. The van der Waals surface area contributed by atoms with Gasteiger partial charge in [-0.2, -0.15) is 0 Å². The SMILES string of the molecule is COC(=O)/C=C/C(=O)NCCN(C)CCN. The zero-order valence-electron chi connectivity index (χ0n) is 9.73. The third-order valence-corrected chi connectivity index (χ3v) is 1.88. The summed E-state index contributed by atoms with van der Waals surface area (Å²) in [5.41, 5.74) is 5.37. The Balaban J connectivity index is 3.66. The number of methoxy groups -OCH3 is 1. The summed E-state index contributed by atoms with van der Waals surface area (Å²) in [6.07, 6.45) is 2.23. The molecule has 6 heteroatoms. The highest BCUT2D eigenvalue weighted by molar-refractivity contribution is 5.94. The van der Waals surface area contributed by atoms with Gasteiger partial charge in [-0.25, -0.2) is 4.79 Å². The van der Waals surface area contributed by atoms with Gasteiger partial charge in [-0.05, 0) is 7.05 Å². The molecule has 0 radical (unpaired) electrons. The second kappa shape index (κ2) is 8.87. The molecule has 0 fully saturated rings. The Morgan fingerprint density at radius 2 is 2.06 bits per heavy atom. The van der Waals surface area contributed by atoms with Gasteiger partial charge in [-0.3, -0.25) is 4.79 Å². The van der Waals surface area contributed by atoms with E-state index in [0.29, 0.717) is 13.1 Å². The first-order chi connectivity index (χ1) is 7.60. The molecule has 0 aliphatic carbocycles. The summed E-state index contributed by atoms with van der Waals surface area (Å²) in [6, 6.07) is 0. The van der Waals surface area contributed by atoms with E-state index >= 15 is 0 Å². The van der Waals surface area contributed by atoms with Gasteiger partial charge in [0.25, 0.3) is 0 Å². The van der Waals surface area contributed by atoms with E-state index in [0.717, 1.165) is 25.2 Å². The summed E-state index contributed by atoms with van der Waals surface area (Å²) in [7, 11) is 3.18. The average Bonchev–Trinajstić information content (AvgIpc) is 2.26. The fraction of sp³-hybridized carbons (Fsp3) is 0.600. The molecule has 3 N–H and O–H groups in total. The lowest BCUT2D eigenvalue weighted by atomic mass is 10.4. The van der Waals surface area contributed by atoms with Crippen LogP contribution in [0.4, 0.5) is 0 Å². The summed E-state index contributed by atoms with van der Waals surface area (Å²) >= 11 is 0. The first-order valence-electron chi connectivity index (χ1n) is 5.02. The summed E-state index contributed by atoms with van der Waals surface area (Å²) in [5, 5.41) is 2.64. The molecule has 0 aromatic rings. The second-order valence-corrected chi connectivity index (χ2v) is 3.24. The maximum atomic E-state index is 11.2. The molecular formula is C10H19N3O3. The van der Waals surface area contributed by atoms with E-state index in [9.17, 15) is 9.59 Å². The van der Waals surface area contributed by atoms with Crippen LogP contribution in [0.25, 0.3) is 0 Å². The number of likely N-dealkylation sites (N-methyl/N-ethyl adjacent to an activating group) is 1. The predicted molar refractivity (Wildman–Crippen MR) is 60.7 cm³/mol. The molecule has 0 bridgehead atoms. The Morgan fingerprint density at radius 3 is 2.62 bits per heavy atom. The number of rotatable bonds is 7. The highest BCUT2D eigenvalue weighted by Crippen LogP contribution is 1.80.